The average molecular weight is 308 g/mol. The molecule has 0 saturated heterocycles. The molecule has 0 amide bonds. The van der Waals surface area contributed by atoms with Gasteiger partial charge >= 0.3 is 0 Å². The van der Waals surface area contributed by atoms with E-state index in [0.29, 0.717) is 29.2 Å². The Balaban J connectivity index is 2.84. The summed E-state index contributed by atoms with van der Waals surface area (Å²) in [6.45, 7) is 12.2. The van der Waals surface area contributed by atoms with E-state index in [0.717, 1.165) is 24.0 Å². The zero-order valence-corrected chi connectivity index (χ0v) is 13.9. The fourth-order valence-corrected chi connectivity index (χ4v) is 2.27. The molecule has 1 rings (SSSR count). The van der Waals surface area contributed by atoms with Crippen molar-refractivity contribution in [3.05, 3.63) is 72.0 Å². The van der Waals surface area contributed by atoms with E-state index in [1.54, 1.807) is 24.4 Å². The second-order valence-corrected chi connectivity index (χ2v) is 5.29. The number of nitrogens with zero attached hydrogens (tertiary/aromatic N) is 1. The molecule has 0 atom stereocenters. The van der Waals surface area contributed by atoms with E-state index < -0.39 is 0 Å². The van der Waals surface area contributed by atoms with Crippen LogP contribution in [-0.2, 0) is 4.79 Å². The van der Waals surface area contributed by atoms with Gasteiger partial charge in [-0.25, -0.2) is 0 Å². The van der Waals surface area contributed by atoms with Crippen LogP contribution in [0.4, 0.5) is 0 Å². The van der Waals surface area contributed by atoms with Gasteiger partial charge in [0.25, 0.3) is 0 Å². The third-order valence-electron chi connectivity index (χ3n) is 3.75. The number of carbonyl (C=O) groups is 1. The maximum absolute atomic E-state index is 10.8. The lowest BCUT2D eigenvalue weighted by atomic mass is 9.95. The number of carbonyl (C=O) groups excluding carboxylic acids is 1. The topological polar surface area (TPSA) is 53.3 Å². The molecule has 0 saturated carbocycles. The lowest BCUT2D eigenvalue weighted by Gasteiger charge is -2.11. The van der Waals surface area contributed by atoms with Crippen LogP contribution in [0, 0.1) is 11.3 Å². The Morgan fingerprint density at radius 3 is 2.61 bits per heavy atom. The number of rotatable bonds is 8. The van der Waals surface area contributed by atoms with E-state index in [9.17, 15) is 4.79 Å². The lowest BCUT2D eigenvalue weighted by molar-refractivity contribution is -0.104. The Bertz CT molecular complexity index is 639. The molecule has 0 aliphatic heterocycles. The van der Waals surface area contributed by atoms with Gasteiger partial charge in [0.15, 0.2) is 0 Å². The molecule has 120 valence electrons. The summed E-state index contributed by atoms with van der Waals surface area (Å²) in [5.41, 5.74) is 3.36. The second-order valence-electron chi connectivity index (χ2n) is 5.29. The van der Waals surface area contributed by atoms with Gasteiger partial charge < -0.3 is 5.41 Å². The molecule has 1 N–H and O–H groups in total. The molecule has 1 aliphatic carbocycles. The average Bonchev–Trinajstić information content (AvgIpc) is 2.54. The number of hydrogen-bond acceptors (Lipinski definition) is 3. The molecule has 0 radical (unpaired) electrons. The van der Waals surface area contributed by atoms with Crippen LogP contribution in [0.3, 0.4) is 0 Å². The van der Waals surface area contributed by atoms with Crippen LogP contribution in [0.2, 0.25) is 0 Å². The van der Waals surface area contributed by atoms with Crippen molar-refractivity contribution < 1.29 is 4.79 Å². The van der Waals surface area contributed by atoms with Gasteiger partial charge in [-0.2, -0.15) is 0 Å². The Kier molecular flexibility index (Phi) is 7.61. The number of aliphatic imine (C=N–C) groups is 1. The normalized spacial score (nSPS) is 15.8. The Morgan fingerprint density at radius 2 is 2.04 bits per heavy atom. The van der Waals surface area contributed by atoms with Crippen LogP contribution in [-0.4, -0.2) is 18.2 Å². The predicted molar refractivity (Wildman–Crippen MR) is 99.1 cm³/mol. The fraction of sp³-hybridized carbons (Fsp3) is 0.250. The number of hydrogen-bond donors (Lipinski definition) is 1. The third-order valence-corrected chi connectivity index (χ3v) is 3.75. The van der Waals surface area contributed by atoms with Gasteiger partial charge in [-0.05, 0) is 42.6 Å². The molecular formula is C20H24N2O. The minimum atomic E-state index is 0.365. The predicted octanol–water partition coefficient (Wildman–Crippen LogP) is 4.76. The van der Waals surface area contributed by atoms with Gasteiger partial charge in [0, 0.05) is 17.9 Å². The summed E-state index contributed by atoms with van der Waals surface area (Å²) in [5.74, 6) is 0.489. The first-order chi connectivity index (χ1) is 11.0. The van der Waals surface area contributed by atoms with Crippen molar-refractivity contribution in [2.75, 3.05) is 0 Å². The summed E-state index contributed by atoms with van der Waals surface area (Å²) in [6.07, 6.45) is 14.9. The molecule has 0 heterocycles. The lowest BCUT2D eigenvalue weighted by Crippen LogP contribution is -2.00. The molecule has 3 nitrogen and oxygen atoms in total. The molecule has 0 unspecified atom stereocenters. The molecule has 23 heavy (non-hydrogen) atoms. The number of nitrogens with one attached hydrogen (secondary N) is 1. The number of allylic oxidation sites excluding steroid dienone is 8. The quantitative estimate of drug-likeness (QED) is 0.299. The molecule has 0 bridgehead atoms. The monoisotopic (exact) mass is 308 g/mol. The Morgan fingerprint density at radius 1 is 1.35 bits per heavy atom. The van der Waals surface area contributed by atoms with Crippen molar-refractivity contribution in [3.63, 3.8) is 0 Å². The second kappa shape index (κ2) is 9.46. The van der Waals surface area contributed by atoms with Gasteiger partial charge in [-0.3, -0.25) is 9.79 Å². The van der Waals surface area contributed by atoms with Crippen molar-refractivity contribution >= 4 is 18.2 Å². The van der Waals surface area contributed by atoms with Crippen molar-refractivity contribution in [3.8, 4) is 0 Å². The molecule has 0 aromatic carbocycles. The van der Waals surface area contributed by atoms with Gasteiger partial charge in [0.2, 0.25) is 0 Å². The molecule has 1 aliphatic rings. The number of aldehydes is 1. The minimum Gasteiger partial charge on any atom is -0.300 e. The summed E-state index contributed by atoms with van der Waals surface area (Å²) >= 11 is 0. The van der Waals surface area contributed by atoms with Crippen LogP contribution in [0.1, 0.15) is 26.7 Å². The molecule has 0 aromatic rings. The maximum atomic E-state index is 10.8. The van der Waals surface area contributed by atoms with Gasteiger partial charge in [-0.15, -0.1) is 0 Å². The highest BCUT2D eigenvalue weighted by Gasteiger charge is 2.08. The SMILES string of the molecule is C=C1C=C(C(=C/C=O)/N=C/C=C\C(=C)C(CC)CC)C=CC1=N. The van der Waals surface area contributed by atoms with E-state index in [2.05, 4.69) is 32.0 Å². The van der Waals surface area contributed by atoms with Crippen molar-refractivity contribution in [1.82, 2.24) is 0 Å². The third kappa shape index (κ3) is 5.62. The first kappa shape index (κ1) is 18.5. The molecule has 3 heteroatoms. The van der Waals surface area contributed by atoms with Gasteiger partial charge in [-0.1, -0.05) is 44.7 Å². The van der Waals surface area contributed by atoms with Crippen LogP contribution < -0.4 is 0 Å². The first-order valence-electron chi connectivity index (χ1n) is 7.76. The summed E-state index contributed by atoms with van der Waals surface area (Å²) in [5, 5.41) is 7.64. The van der Waals surface area contributed by atoms with E-state index in [-0.39, 0.29) is 0 Å². The first-order valence-corrected chi connectivity index (χ1v) is 7.76. The van der Waals surface area contributed by atoms with E-state index in [1.807, 2.05) is 12.2 Å². The van der Waals surface area contributed by atoms with Gasteiger partial charge in [0.05, 0.1) is 11.4 Å². The fourth-order valence-electron chi connectivity index (χ4n) is 2.27. The zero-order valence-electron chi connectivity index (χ0n) is 13.9. The molecule has 0 aromatic heterocycles. The Labute approximate surface area is 138 Å². The van der Waals surface area contributed by atoms with Crippen LogP contribution in [0.15, 0.2) is 77.0 Å². The van der Waals surface area contributed by atoms with Crippen molar-refractivity contribution in [1.29, 1.82) is 5.41 Å². The summed E-state index contributed by atoms with van der Waals surface area (Å²) in [6, 6.07) is 0. The Hall–Kier alpha value is -2.55. The molecule has 0 spiro atoms. The van der Waals surface area contributed by atoms with Crippen LogP contribution >= 0.6 is 0 Å². The summed E-state index contributed by atoms with van der Waals surface area (Å²) in [7, 11) is 0. The van der Waals surface area contributed by atoms with Gasteiger partial charge in [0.1, 0.15) is 6.29 Å². The van der Waals surface area contributed by atoms with Crippen molar-refractivity contribution in [2.45, 2.75) is 26.7 Å². The standard InChI is InChI=1S/C20H24N2O/c1-5-17(6-2)15(3)8-7-12-22-20(11-13-23)18-9-10-19(21)16(4)14-18/h7-14,17,21H,3-6H2,1-2H3/b8-7-,20-11-,21-19?,22-12+. The maximum Gasteiger partial charge on any atom is 0.145 e. The highest BCUT2D eigenvalue weighted by molar-refractivity contribution is 6.09. The van der Waals surface area contributed by atoms with Crippen LogP contribution in [0.5, 0.6) is 0 Å². The zero-order chi connectivity index (χ0) is 17.2. The van der Waals surface area contributed by atoms with E-state index in [4.69, 9.17) is 5.41 Å². The van der Waals surface area contributed by atoms with E-state index >= 15 is 0 Å². The van der Waals surface area contributed by atoms with E-state index in [1.165, 1.54) is 6.08 Å². The summed E-state index contributed by atoms with van der Waals surface area (Å²) < 4.78 is 0. The highest BCUT2D eigenvalue weighted by atomic mass is 16.1. The minimum absolute atomic E-state index is 0.365. The largest absolute Gasteiger partial charge is 0.300 e. The van der Waals surface area contributed by atoms with Crippen LogP contribution in [0.25, 0.3) is 0 Å². The molecular weight excluding hydrogens is 284 g/mol. The smallest absolute Gasteiger partial charge is 0.145 e. The molecule has 0 fully saturated rings. The highest BCUT2D eigenvalue weighted by Crippen LogP contribution is 2.20. The summed E-state index contributed by atoms with van der Waals surface area (Å²) in [4.78, 5) is 15.1. The van der Waals surface area contributed by atoms with Crippen molar-refractivity contribution in [2.24, 2.45) is 10.9 Å².